The number of hydrogen-bond donors (Lipinski definition) is 1. The van der Waals surface area contributed by atoms with Crippen molar-refractivity contribution in [2.45, 2.75) is 26.8 Å². The van der Waals surface area contributed by atoms with Crippen LogP contribution in [0, 0.1) is 13.8 Å². The van der Waals surface area contributed by atoms with E-state index in [0.29, 0.717) is 33.5 Å². The van der Waals surface area contributed by atoms with Crippen LogP contribution >= 0.6 is 0 Å². The molecule has 0 aliphatic carbocycles. The third-order valence-corrected chi connectivity index (χ3v) is 7.56. The summed E-state index contributed by atoms with van der Waals surface area (Å²) in [6, 6.07) is 19.2. The molecule has 1 fully saturated rings. The molecule has 1 unspecified atom stereocenters. The monoisotopic (exact) mass is 525 g/mol. The molecule has 1 aromatic heterocycles. The van der Waals surface area contributed by atoms with Crippen LogP contribution in [-0.4, -0.2) is 51.2 Å². The summed E-state index contributed by atoms with van der Waals surface area (Å²) in [7, 11) is 3.52. The van der Waals surface area contributed by atoms with Gasteiger partial charge in [0, 0.05) is 54.2 Å². The van der Waals surface area contributed by atoms with Gasteiger partial charge in [-0.1, -0.05) is 18.2 Å². The SMILES string of the molecule is COC(=O)c1ccccc1NC(C)c1cc(C)cc2c(=O)c(C)c(-c3ccc(N4CCN(C)CC4)cc3)oc12. The number of piperazine rings is 1. The lowest BCUT2D eigenvalue weighted by Crippen LogP contribution is -2.44. The van der Waals surface area contributed by atoms with E-state index in [4.69, 9.17) is 9.15 Å². The summed E-state index contributed by atoms with van der Waals surface area (Å²) in [5, 5.41) is 3.98. The summed E-state index contributed by atoms with van der Waals surface area (Å²) >= 11 is 0. The number of rotatable bonds is 6. The minimum absolute atomic E-state index is 0.0403. The molecule has 7 heteroatoms. The zero-order valence-corrected chi connectivity index (χ0v) is 23.2. The maximum Gasteiger partial charge on any atom is 0.339 e. The van der Waals surface area contributed by atoms with Gasteiger partial charge in [-0.2, -0.15) is 0 Å². The van der Waals surface area contributed by atoms with E-state index in [9.17, 15) is 9.59 Å². The quantitative estimate of drug-likeness (QED) is 0.320. The number of nitrogens with one attached hydrogen (secondary N) is 1. The number of methoxy groups -OCH3 is 1. The summed E-state index contributed by atoms with van der Waals surface area (Å²) in [6.07, 6.45) is 0. The van der Waals surface area contributed by atoms with E-state index in [2.05, 4.69) is 34.3 Å². The summed E-state index contributed by atoms with van der Waals surface area (Å²) in [4.78, 5) is 30.6. The highest BCUT2D eigenvalue weighted by Crippen LogP contribution is 2.33. The van der Waals surface area contributed by atoms with Gasteiger partial charge in [-0.3, -0.25) is 4.79 Å². The molecule has 0 radical (unpaired) electrons. The Morgan fingerprint density at radius 1 is 1.00 bits per heavy atom. The fraction of sp³-hybridized carbons (Fsp3) is 0.312. The number of ether oxygens (including phenoxy) is 1. The Bertz CT molecular complexity index is 1570. The van der Waals surface area contributed by atoms with Crippen molar-refractivity contribution in [3.63, 3.8) is 0 Å². The molecule has 7 nitrogen and oxygen atoms in total. The van der Waals surface area contributed by atoms with Gasteiger partial charge in [0.1, 0.15) is 11.3 Å². The molecular formula is C32H35N3O4. The van der Waals surface area contributed by atoms with Crippen LogP contribution in [0.1, 0.15) is 40.0 Å². The van der Waals surface area contributed by atoms with Crippen molar-refractivity contribution in [2.75, 3.05) is 50.6 Å². The molecular weight excluding hydrogens is 490 g/mol. The highest BCUT2D eigenvalue weighted by Gasteiger charge is 2.21. The number of carbonyl (C=O) groups is 1. The van der Waals surface area contributed by atoms with Crippen LogP contribution in [0.15, 0.2) is 69.9 Å². The summed E-state index contributed by atoms with van der Waals surface area (Å²) < 4.78 is 11.5. The maximum absolute atomic E-state index is 13.6. The number of carbonyl (C=O) groups excluding carboxylic acids is 1. The van der Waals surface area contributed by atoms with E-state index >= 15 is 0 Å². The summed E-state index contributed by atoms with van der Waals surface area (Å²) in [6.45, 7) is 9.85. The van der Waals surface area contributed by atoms with Crippen molar-refractivity contribution < 1.29 is 13.9 Å². The molecule has 202 valence electrons. The first-order valence-electron chi connectivity index (χ1n) is 13.3. The van der Waals surface area contributed by atoms with Gasteiger partial charge in [0.05, 0.1) is 24.1 Å². The van der Waals surface area contributed by atoms with E-state index in [0.717, 1.165) is 42.9 Å². The maximum atomic E-state index is 13.6. The largest absolute Gasteiger partial charge is 0.465 e. The molecule has 1 aliphatic heterocycles. The average Bonchev–Trinajstić information content (AvgIpc) is 2.95. The van der Waals surface area contributed by atoms with Crippen LogP contribution in [-0.2, 0) is 4.74 Å². The minimum atomic E-state index is -0.413. The second-order valence-electron chi connectivity index (χ2n) is 10.4. The summed E-state index contributed by atoms with van der Waals surface area (Å²) in [5.74, 6) is 0.161. The zero-order chi connectivity index (χ0) is 27.7. The van der Waals surface area contributed by atoms with E-state index in [1.165, 1.54) is 12.8 Å². The Morgan fingerprint density at radius 2 is 1.69 bits per heavy atom. The third-order valence-electron chi connectivity index (χ3n) is 7.56. The minimum Gasteiger partial charge on any atom is -0.465 e. The lowest BCUT2D eigenvalue weighted by Gasteiger charge is -2.34. The van der Waals surface area contributed by atoms with Crippen LogP contribution in [0.25, 0.3) is 22.3 Å². The molecule has 1 atom stereocenters. The normalized spacial score (nSPS) is 14.8. The molecule has 5 rings (SSSR count). The number of para-hydroxylation sites is 1. The molecule has 2 heterocycles. The standard InChI is InChI=1S/C32H35N3O4/c1-20-18-26(22(3)33-28-9-7-6-8-25(28)32(37)38-5)31-27(19-20)29(36)21(2)30(39-31)23-10-12-24(13-11-23)35-16-14-34(4)15-17-35/h6-13,18-19,22,33H,14-17H2,1-5H3. The number of anilines is 2. The Labute approximate surface area is 229 Å². The Kier molecular flexibility index (Phi) is 7.44. The van der Waals surface area contributed by atoms with Crippen LogP contribution in [0.2, 0.25) is 0 Å². The van der Waals surface area contributed by atoms with Gasteiger partial charge >= 0.3 is 5.97 Å². The Balaban J connectivity index is 1.54. The molecule has 1 saturated heterocycles. The Hall–Kier alpha value is -4.10. The average molecular weight is 526 g/mol. The molecule has 0 saturated carbocycles. The van der Waals surface area contributed by atoms with E-state index < -0.39 is 5.97 Å². The van der Waals surface area contributed by atoms with Crippen molar-refractivity contribution in [2.24, 2.45) is 0 Å². The van der Waals surface area contributed by atoms with Crippen molar-refractivity contribution in [1.29, 1.82) is 0 Å². The van der Waals surface area contributed by atoms with Gasteiger partial charge < -0.3 is 24.3 Å². The molecule has 4 aromatic rings. The van der Waals surface area contributed by atoms with Gasteiger partial charge in [-0.15, -0.1) is 0 Å². The topological polar surface area (TPSA) is 75.0 Å². The second kappa shape index (κ2) is 10.9. The first kappa shape index (κ1) is 26.5. The first-order chi connectivity index (χ1) is 18.8. The van der Waals surface area contributed by atoms with E-state index in [1.807, 2.05) is 57.2 Å². The van der Waals surface area contributed by atoms with Crippen LogP contribution < -0.4 is 15.6 Å². The van der Waals surface area contributed by atoms with Crippen molar-refractivity contribution >= 4 is 28.3 Å². The van der Waals surface area contributed by atoms with Gasteiger partial charge in [0.2, 0.25) is 0 Å². The molecule has 3 aromatic carbocycles. The molecule has 0 spiro atoms. The number of fused-ring (bicyclic) bond motifs is 1. The first-order valence-corrected chi connectivity index (χ1v) is 13.3. The smallest absolute Gasteiger partial charge is 0.339 e. The number of esters is 1. The zero-order valence-electron chi connectivity index (χ0n) is 23.2. The predicted octanol–water partition coefficient (Wildman–Crippen LogP) is 5.79. The number of aryl methyl sites for hydroxylation is 1. The predicted molar refractivity (Wildman–Crippen MR) is 157 cm³/mol. The third kappa shape index (κ3) is 5.27. The molecule has 1 aliphatic rings. The van der Waals surface area contributed by atoms with Gasteiger partial charge in [-0.25, -0.2) is 4.79 Å². The number of nitrogens with zero attached hydrogens (tertiary/aromatic N) is 2. The number of likely N-dealkylation sites (N-methyl/N-ethyl adjacent to an activating group) is 1. The van der Waals surface area contributed by atoms with Crippen molar-refractivity contribution in [1.82, 2.24) is 4.90 Å². The van der Waals surface area contributed by atoms with Crippen LogP contribution in [0.5, 0.6) is 0 Å². The highest BCUT2D eigenvalue weighted by molar-refractivity contribution is 5.95. The number of benzene rings is 3. The van der Waals surface area contributed by atoms with Crippen LogP contribution in [0.3, 0.4) is 0 Å². The lowest BCUT2D eigenvalue weighted by atomic mass is 9.98. The lowest BCUT2D eigenvalue weighted by molar-refractivity contribution is 0.0602. The van der Waals surface area contributed by atoms with Gasteiger partial charge in [0.15, 0.2) is 5.43 Å². The van der Waals surface area contributed by atoms with E-state index in [1.54, 1.807) is 12.1 Å². The van der Waals surface area contributed by atoms with Gasteiger partial charge in [0.25, 0.3) is 0 Å². The summed E-state index contributed by atoms with van der Waals surface area (Å²) in [5.41, 5.74) is 6.04. The molecule has 0 amide bonds. The fourth-order valence-electron chi connectivity index (χ4n) is 5.26. The highest BCUT2D eigenvalue weighted by atomic mass is 16.5. The molecule has 0 bridgehead atoms. The second-order valence-corrected chi connectivity index (χ2v) is 10.4. The van der Waals surface area contributed by atoms with Crippen molar-refractivity contribution in [3.8, 4) is 11.3 Å². The number of hydrogen-bond acceptors (Lipinski definition) is 7. The Morgan fingerprint density at radius 3 is 2.38 bits per heavy atom. The van der Waals surface area contributed by atoms with Gasteiger partial charge in [-0.05, 0) is 75.8 Å². The fourth-order valence-corrected chi connectivity index (χ4v) is 5.26. The van der Waals surface area contributed by atoms with Crippen molar-refractivity contribution in [3.05, 3.63) is 93.1 Å². The van der Waals surface area contributed by atoms with Crippen LogP contribution in [0.4, 0.5) is 11.4 Å². The molecule has 1 N–H and O–H groups in total. The molecule has 39 heavy (non-hydrogen) atoms. The van der Waals surface area contributed by atoms with E-state index in [-0.39, 0.29) is 11.5 Å².